The van der Waals surface area contributed by atoms with Gasteiger partial charge in [0.2, 0.25) is 0 Å². The summed E-state index contributed by atoms with van der Waals surface area (Å²) in [5.74, 6) is -2.12. The first-order chi connectivity index (χ1) is 42.7. The van der Waals surface area contributed by atoms with Crippen LogP contribution in [-0.4, -0.2) is 96.7 Å². The van der Waals surface area contributed by atoms with E-state index in [1.807, 2.05) is 0 Å². The largest absolute Gasteiger partial charge is 0.472 e. The summed E-state index contributed by atoms with van der Waals surface area (Å²) in [6, 6.07) is 0. The van der Waals surface area contributed by atoms with Gasteiger partial charge in [-0.1, -0.05) is 310 Å². The molecule has 0 heterocycles. The second kappa shape index (κ2) is 63.8. The summed E-state index contributed by atoms with van der Waals surface area (Å²) in [5, 5.41) is 10.6. The van der Waals surface area contributed by atoms with Crippen LogP contribution in [0, 0.1) is 0 Å². The number of aliphatic hydroxyl groups excluding tert-OH is 1. The maximum absolute atomic E-state index is 13.0. The van der Waals surface area contributed by atoms with E-state index >= 15 is 0 Å². The number of rotatable bonds is 70. The average Bonchev–Trinajstić information content (AvgIpc) is 3.57. The number of hydrogen-bond donors (Lipinski definition) is 3. The number of carbonyl (C=O) groups excluding carboxylic acids is 4. The number of unbranched alkanes of at least 4 members (excludes halogenated alkanes) is 44. The summed E-state index contributed by atoms with van der Waals surface area (Å²) in [7, 11) is -9.89. The van der Waals surface area contributed by atoms with Crippen LogP contribution < -0.4 is 0 Å². The van der Waals surface area contributed by atoms with Crippen molar-refractivity contribution in [3.63, 3.8) is 0 Å². The van der Waals surface area contributed by atoms with Gasteiger partial charge < -0.3 is 33.8 Å². The van der Waals surface area contributed by atoms with Crippen LogP contribution in [0.25, 0.3) is 0 Å². The molecule has 0 rings (SSSR count). The lowest BCUT2D eigenvalue weighted by Crippen LogP contribution is -2.30. The molecular formula is C69H134O17P2. The molecule has 5 atom stereocenters. The Labute approximate surface area is 537 Å². The van der Waals surface area contributed by atoms with Crippen LogP contribution >= 0.6 is 15.6 Å². The van der Waals surface area contributed by atoms with Gasteiger partial charge in [0.15, 0.2) is 12.2 Å². The SMILES string of the molecule is CCCCCCCCCCCCCCCCCCC(=O)O[C@H](COC(=O)CCCCCCCCCCCCCC)COP(=O)(O)OC[C@@H](O)COP(=O)(O)OC[C@@H](COC(=O)CCCCCCCCCC)OC(=O)CCCCCCCCCCCCCC. The Morgan fingerprint density at radius 2 is 0.455 bits per heavy atom. The quantitative estimate of drug-likeness (QED) is 0.0222. The number of carbonyl (C=O) groups is 4. The highest BCUT2D eigenvalue weighted by Gasteiger charge is 2.30. The van der Waals surface area contributed by atoms with Crippen LogP contribution in [0.15, 0.2) is 0 Å². The Bertz CT molecular complexity index is 1690. The molecule has 3 N–H and O–H groups in total. The van der Waals surface area contributed by atoms with E-state index in [0.717, 1.165) is 96.3 Å². The van der Waals surface area contributed by atoms with E-state index in [1.54, 1.807) is 0 Å². The third kappa shape index (κ3) is 62.8. The van der Waals surface area contributed by atoms with Gasteiger partial charge in [-0.25, -0.2) is 9.13 Å². The van der Waals surface area contributed by atoms with Gasteiger partial charge in [-0.2, -0.15) is 0 Å². The van der Waals surface area contributed by atoms with Gasteiger partial charge in [0.1, 0.15) is 19.3 Å². The molecule has 2 unspecified atom stereocenters. The van der Waals surface area contributed by atoms with Crippen molar-refractivity contribution in [1.82, 2.24) is 0 Å². The molecule has 0 aliphatic heterocycles. The summed E-state index contributed by atoms with van der Waals surface area (Å²) in [6.07, 6.45) is 51.2. The molecular weight excluding hydrogens is 1160 g/mol. The standard InChI is InChI=1S/C69H134O17P2/c1-5-9-13-17-21-25-28-31-32-33-34-37-40-44-48-52-56-69(74)86-65(60-80-67(72)54-50-46-42-38-35-29-26-22-18-14-10-6-2)62-84-88(77,78)82-58-63(70)57-81-87(75,76)83-61-64(59-79-66(71)53-49-45-41-24-20-16-12-8-4)85-68(73)55-51-47-43-39-36-30-27-23-19-15-11-7-3/h63-65,70H,5-62H2,1-4H3,(H,75,76)(H,77,78)/t63-,64+,65+/m0/s1. The molecule has 0 aliphatic carbocycles. The highest BCUT2D eigenvalue weighted by Crippen LogP contribution is 2.45. The Morgan fingerprint density at radius 1 is 0.273 bits per heavy atom. The molecule has 0 aromatic heterocycles. The van der Waals surface area contributed by atoms with Crippen molar-refractivity contribution >= 4 is 39.5 Å². The summed E-state index contributed by atoms with van der Waals surface area (Å²) in [4.78, 5) is 72.4. The number of phosphoric acid groups is 2. The normalized spacial score (nSPS) is 14.0. The first kappa shape index (κ1) is 86.1. The number of ether oxygens (including phenoxy) is 4. The van der Waals surface area contributed by atoms with E-state index in [1.165, 1.54) is 186 Å². The van der Waals surface area contributed by atoms with Gasteiger partial charge in [-0.05, 0) is 25.7 Å². The minimum atomic E-state index is -4.95. The van der Waals surface area contributed by atoms with Crippen molar-refractivity contribution in [2.24, 2.45) is 0 Å². The van der Waals surface area contributed by atoms with Crippen molar-refractivity contribution in [2.45, 2.75) is 380 Å². The van der Waals surface area contributed by atoms with Crippen LogP contribution in [-0.2, 0) is 65.4 Å². The molecule has 0 spiro atoms. The van der Waals surface area contributed by atoms with Gasteiger partial charge in [0.05, 0.1) is 26.4 Å². The second-order valence-electron chi connectivity index (χ2n) is 24.9. The number of esters is 4. The maximum atomic E-state index is 13.0. The van der Waals surface area contributed by atoms with Crippen molar-refractivity contribution in [3.8, 4) is 0 Å². The first-order valence-electron chi connectivity index (χ1n) is 36.3. The minimum Gasteiger partial charge on any atom is -0.462 e. The Kier molecular flexibility index (Phi) is 62.4. The topological polar surface area (TPSA) is 237 Å². The molecule has 0 aromatic carbocycles. The Morgan fingerprint density at radius 3 is 0.670 bits per heavy atom. The van der Waals surface area contributed by atoms with Crippen molar-refractivity contribution in [3.05, 3.63) is 0 Å². The molecule has 0 amide bonds. The van der Waals surface area contributed by atoms with E-state index < -0.39 is 97.5 Å². The van der Waals surface area contributed by atoms with Crippen LogP contribution in [0.1, 0.15) is 362 Å². The highest BCUT2D eigenvalue weighted by molar-refractivity contribution is 7.47. The molecule has 0 saturated heterocycles. The Hall–Kier alpha value is -1.94. The lowest BCUT2D eigenvalue weighted by molar-refractivity contribution is -0.161. The third-order valence-corrected chi connectivity index (χ3v) is 18.0. The van der Waals surface area contributed by atoms with E-state index in [-0.39, 0.29) is 25.7 Å². The van der Waals surface area contributed by atoms with Crippen molar-refractivity contribution in [1.29, 1.82) is 0 Å². The van der Waals surface area contributed by atoms with Crippen LogP contribution in [0.2, 0.25) is 0 Å². The van der Waals surface area contributed by atoms with E-state index in [2.05, 4.69) is 27.7 Å². The summed E-state index contributed by atoms with van der Waals surface area (Å²) in [6.45, 7) is 4.92. The molecule has 19 heteroatoms. The monoisotopic (exact) mass is 1300 g/mol. The minimum absolute atomic E-state index is 0.108. The van der Waals surface area contributed by atoms with Crippen molar-refractivity contribution < 1.29 is 80.2 Å². The summed E-state index contributed by atoms with van der Waals surface area (Å²) in [5.41, 5.74) is 0. The third-order valence-electron chi connectivity index (χ3n) is 16.1. The molecule has 17 nitrogen and oxygen atoms in total. The molecule has 0 fully saturated rings. The summed E-state index contributed by atoms with van der Waals surface area (Å²) < 4.78 is 68.2. The number of phosphoric ester groups is 2. The smallest absolute Gasteiger partial charge is 0.462 e. The van der Waals surface area contributed by atoms with E-state index in [0.29, 0.717) is 25.7 Å². The zero-order valence-corrected chi connectivity index (χ0v) is 58.5. The fourth-order valence-electron chi connectivity index (χ4n) is 10.5. The lowest BCUT2D eigenvalue weighted by Gasteiger charge is -2.21. The molecule has 0 aliphatic rings. The van der Waals surface area contributed by atoms with Crippen molar-refractivity contribution in [2.75, 3.05) is 39.6 Å². The molecule has 88 heavy (non-hydrogen) atoms. The van der Waals surface area contributed by atoms with E-state index in [4.69, 9.17) is 37.0 Å². The molecule has 0 aromatic rings. The molecule has 522 valence electrons. The second-order valence-corrected chi connectivity index (χ2v) is 27.8. The molecule has 0 bridgehead atoms. The van der Waals surface area contributed by atoms with Gasteiger partial charge in [0.25, 0.3) is 0 Å². The molecule has 0 radical (unpaired) electrons. The number of hydrogen-bond acceptors (Lipinski definition) is 15. The summed E-state index contributed by atoms with van der Waals surface area (Å²) >= 11 is 0. The lowest BCUT2D eigenvalue weighted by atomic mass is 10.0. The van der Waals surface area contributed by atoms with Crippen LogP contribution in [0.5, 0.6) is 0 Å². The van der Waals surface area contributed by atoms with Gasteiger partial charge in [-0.15, -0.1) is 0 Å². The Balaban J connectivity index is 5.21. The predicted octanol–water partition coefficient (Wildman–Crippen LogP) is 19.9. The first-order valence-corrected chi connectivity index (χ1v) is 39.3. The van der Waals surface area contributed by atoms with Crippen LogP contribution in [0.4, 0.5) is 0 Å². The molecule has 0 saturated carbocycles. The van der Waals surface area contributed by atoms with Gasteiger partial charge in [-0.3, -0.25) is 37.3 Å². The van der Waals surface area contributed by atoms with Gasteiger partial charge in [0, 0.05) is 25.7 Å². The fraction of sp³-hybridized carbons (Fsp3) is 0.942. The van der Waals surface area contributed by atoms with Crippen LogP contribution in [0.3, 0.4) is 0 Å². The average molecular weight is 1300 g/mol. The highest BCUT2D eigenvalue weighted by atomic mass is 31.2. The zero-order chi connectivity index (χ0) is 64.7. The number of aliphatic hydroxyl groups is 1. The van der Waals surface area contributed by atoms with Gasteiger partial charge >= 0.3 is 39.5 Å². The maximum Gasteiger partial charge on any atom is 0.472 e. The zero-order valence-electron chi connectivity index (χ0n) is 56.7. The predicted molar refractivity (Wildman–Crippen MR) is 354 cm³/mol. The fourth-order valence-corrected chi connectivity index (χ4v) is 12.1. The van der Waals surface area contributed by atoms with E-state index in [9.17, 15) is 43.2 Å².